The molecule has 4 nitrogen and oxygen atoms in total. The van der Waals surface area contributed by atoms with Gasteiger partial charge in [-0.15, -0.1) is 0 Å². The van der Waals surface area contributed by atoms with Crippen molar-refractivity contribution >= 4 is 40.7 Å². The SMILES string of the molecule is CNSC.Cc1cc2nc(C=O)cc(-c3ccccc3Cl)c2c(C)c1-c1ccncc1. The topological polar surface area (TPSA) is 54.9 Å². The smallest absolute Gasteiger partial charge is 0.168 e. The van der Waals surface area contributed by atoms with Crippen LogP contribution in [0.25, 0.3) is 33.2 Å². The molecule has 1 N–H and O–H groups in total. The average Bonchev–Trinajstić information content (AvgIpc) is 2.79. The number of rotatable bonds is 4. The van der Waals surface area contributed by atoms with Crippen molar-refractivity contribution in [2.24, 2.45) is 0 Å². The molecule has 2 aromatic carbocycles. The van der Waals surface area contributed by atoms with E-state index in [9.17, 15) is 4.79 Å². The van der Waals surface area contributed by atoms with Crippen LogP contribution in [0.4, 0.5) is 0 Å². The number of pyridine rings is 2. The van der Waals surface area contributed by atoms with Crippen molar-refractivity contribution in [2.45, 2.75) is 13.8 Å². The van der Waals surface area contributed by atoms with Crippen LogP contribution >= 0.6 is 23.5 Å². The second kappa shape index (κ2) is 10.5. The van der Waals surface area contributed by atoms with E-state index in [1.807, 2.05) is 61.8 Å². The summed E-state index contributed by atoms with van der Waals surface area (Å²) >= 11 is 8.08. The molecule has 0 fully saturated rings. The summed E-state index contributed by atoms with van der Waals surface area (Å²) in [5.41, 5.74) is 7.46. The number of hydrogen-bond donors (Lipinski definition) is 1. The number of aldehydes is 1. The zero-order valence-corrected chi connectivity index (χ0v) is 19.5. The van der Waals surface area contributed by atoms with Crippen molar-refractivity contribution in [2.75, 3.05) is 13.3 Å². The van der Waals surface area contributed by atoms with Crippen LogP contribution in [0.5, 0.6) is 0 Å². The molecule has 0 aliphatic rings. The molecule has 6 heteroatoms. The molecule has 0 atom stereocenters. The van der Waals surface area contributed by atoms with Crippen molar-refractivity contribution in [1.82, 2.24) is 14.7 Å². The summed E-state index contributed by atoms with van der Waals surface area (Å²) in [5.74, 6) is 0. The normalized spacial score (nSPS) is 10.5. The van der Waals surface area contributed by atoms with Gasteiger partial charge in [-0.05, 0) is 85.3 Å². The van der Waals surface area contributed by atoms with Crippen LogP contribution in [0.3, 0.4) is 0 Å². The Bertz CT molecular complexity index is 1210. The standard InChI is InChI=1S/C23H17ClN2O.C2H7NS/c1-14-11-21-23(15(2)22(14)16-7-9-25-10-8-16)19(12-17(13-27)26-21)18-5-3-4-6-20(18)24;1-3-4-2/h3-13H,1-2H3;3H,1-2H3. The monoisotopic (exact) mass is 449 g/mol. The van der Waals surface area contributed by atoms with E-state index >= 15 is 0 Å². The van der Waals surface area contributed by atoms with E-state index in [2.05, 4.69) is 28.5 Å². The number of carbonyl (C=O) groups is 1. The first-order chi connectivity index (χ1) is 15.0. The van der Waals surface area contributed by atoms with E-state index in [1.165, 1.54) is 0 Å². The Morgan fingerprint density at radius 1 is 1.03 bits per heavy atom. The van der Waals surface area contributed by atoms with E-state index < -0.39 is 0 Å². The number of hydrogen-bond acceptors (Lipinski definition) is 5. The molecule has 4 aromatic rings. The first-order valence-electron chi connectivity index (χ1n) is 9.77. The summed E-state index contributed by atoms with van der Waals surface area (Å²) in [6.45, 7) is 4.15. The summed E-state index contributed by atoms with van der Waals surface area (Å²) in [6.07, 6.45) is 6.35. The van der Waals surface area contributed by atoms with Crippen LogP contribution in [0.2, 0.25) is 5.02 Å². The first kappa shape index (κ1) is 22.9. The van der Waals surface area contributed by atoms with Gasteiger partial charge in [-0.1, -0.05) is 41.7 Å². The highest BCUT2D eigenvalue weighted by atomic mass is 35.5. The molecule has 0 unspecified atom stereocenters. The largest absolute Gasteiger partial charge is 0.296 e. The zero-order chi connectivity index (χ0) is 22.4. The van der Waals surface area contributed by atoms with Gasteiger partial charge in [0.05, 0.1) is 5.52 Å². The number of aryl methyl sites for hydroxylation is 2. The van der Waals surface area contributed by atoms with Gasteiger partial charge in [0.2, 0.25) is 0 Å². The highest BCUT2D eigenvalue weighted by molar-refractivity contribution is 7.96. The highest BCUT2D eigenvalue weighted by Gasteiger charge is 2.17. The first-order valence-corrected chi connectivity index (χ1v) is 11.4. The van der Waals surface area contributed by atoms with Crippen LogP contribution in [0.15, 0.2) is 60.9 Å². The van der Waals surface area contributed by atoms with Gasteiger partial charge in [0, 0.05) is 28.4 Å². The maximum Gasteiger partial charge on any atom is 0.168 e. The van der Waals surface area contributed by atoms with Crippen molar-refractivity contribution in [3.05, 3.63) is 82.8 Å². The molecule has 0 radical (unpaired) electrons. The molecule has 0 aliphatic heterocycles. The molecule has 2 aromatic heterocycles. The number of halogens is 1. The third kappa shape index (κ3) is 4.96. The van der Waals surface area contributed by atoms with Gasteiger partial charge in [-0.25, -0.2) is 4.98 Å². The van der Waals surface area contributed by atoms with E-state index in [4.69, 9.17) is 11.6 Å². The minimum Gasteiger partial charge on any atom is -0.296 e. The Labute approximate surface area is 192 Å². The Morgan fingerprint density at radius 3 is 2.32 bits per heavy atom. The van der Waals surface area contributed by atoms with Gasteiger partial charge in [-0.2, -0.15) is 0 Å². The Hall–Kier alpha value is -2.73. The molecule has 0 saturated heterocycles. The van der Waals surface area contributed by atoms with Gasteiger partial charge in [-0.3, -0.25) is 14.5 Å². The van der Waals surface area contributed by atoms with Crippen LogP contribution in [-0.4, -0.2) is 29.6 Å². The highest BCUT2D eigenvalue weighted by Crippen LogP contribution is 2.39. The number of nitrogens with zero attached hydrogens (tertiary/aromatic N) is 2. The lowest BCUT2D eigenvalue weighted by Crippen LogP contribution is -1.98. The lowest BCUT2D eigenvalue weighted by Gasteiger charge is -2.17. The van der Waals surface area contributed by atoms with Crippen LogP contribution in [0.1, 0.15) is 21.6 Å². The zero-order valence-electron chi connectivity index (χ0n) is 17.9. The van der Waals surface area contributed by atoms with Gasteiger partial charge in [0.1, 0.15) is 5.69 Å². The molecule has 0 bridgehead atoms. The fourth-order valence-corrected chi connectivity index (χ4v) is 3.93. The third-order valence-electron chi connectivity index (χ3n) is 5.02. The summed E-state index contributed by atoms with van der Waals surface area (Å²) in [7, 11) is 1.89. The summed E-state index contributed by atoms with van der Waals surface area (Å²) < 4.78 is 2.85. The maximum atomic E-state index is 11.5. The molecule has 2 heterocycles. The fraction of sp³-hybridized carbons (Fsp3) is 0.160. The van der Waals surface area contributed by atoms with Gasteiger partial charge in [0.15, 0.2) is 6.29 Å². The third-order valence-corrected chi connectivity index (χ3v) is 5.76. The molecule has 0 spiro atoms. The minimum absolute atomic E-state index is 0.396. The second-order valence-electron chi connectivity index (χ2n) is 6.92. The van der Waals surface area contributed by atoms with Crippen LogP contribution in [-0.2, 0) is 0 Å². The summed E-state index contributed by atoms with van der Waals surface area (Å²) in [4.78, 5) is 20.1. The molecule has 31 heavy (non-hydrogen) atoms. The molecule has 158 valence electrons. The molecule has 0 saturated carbocycles. The Morgan fingerprint density at radius 2 is 1.71 bits per heavy atom. The number of benzene rings is 2. The van der Waals surface area contributed by atoms with Crippen molar-refractivity contribution in [3.8, 4) is 22.3 Å². The number of carbonyl (C=O) groups excluding carboxylic acids is 1. The molecule has 4 rings (SSSR count). The summed E-state index contributed by atoms with van der Waals surface area (Å²) in [5, 5.41) is 1.65. The van der Waals surface area contributed by atoms with Gasteiger partial charge >= 0.3 is 0 Å². The molecule has 0 aliphatic carbocycles. The molecule has 0 amide bonds. The number of aromatic nitrogens is 2. The lowest BCUT2D eigenvalue weighted by molar-refractivity contribution is 0.111. The number of fused-ring (bicyclic) bond motifs is 1. The average molecular weight is 450 g/mol. The van der Waals surface area contributed by atoms with E-state index in [0.29, 0.717) is 10.7 Å². The van der Waals surface area contributed by atoms with Crippen molar-refractivity contribution in [1.29, 1.82) is 0 Å². The summed E-state index contributed by atoms with van der Waals surface area (Å²) in [6, 6.07) is 15.5. The quantitative estimate of drug-likeness (QED) is 0.283. The predicted octanol–water partition coefficient (Wildman–Crippen LogP) is 6.53. The predicted molar refractivity (Wildman–Crippen MR) is 133 cm³/mol. The Kier molecular flexibility index (Phi) is 7.80. The number of nitrogens with one attached hydrogen (secondary N) is 1. The van der Waals surface area contributed by atoms with Crippen LogP contribution in [0, 0.1) is 13.8 Å². The Balaban J connectivity index is 0.000000628. The van der Waals surface area contributed by atoms with Crippen LogP contribution < -0.4 is 4.72 Å². The lowest BCUT2D eigenvalue weighted by atomic mass is 9.89. The van der Waals surface area contributed by atoms with E-state index in [0.717, 1.165) is 50.6 Å². The second-order valence-corrected chi connectivity index (χ2v) is 8.15. The maximum absolute atomic E-state index is 11.5. The molecular formula is C25H24ClN3OS. The van der Waals surface area contributed by atoms with Gasteiger partial charge < -0.3 is 0 Å². The van der Waals surface area contributed by atoms with Crippen molar-refractivity contribution < 1.29 is 4.79 Å². The van der Waals surface area contributed by atoms with Crippen molar-refractivity contribution in [3.63, 3.8) is 0 Å². The minimum atomic E-state index is 0.396. The van der Waals surface area contributed by atoms with Gasteiger partial charge in [0.25, 0.3) is 0 Å². The van der Waals surface area contributed by atoms with E-state index in [1.54, 1.807) is 24.3 Å². The van der Waals surface area contributed by atoms with E-state index in [-0.39, 0.29) is 0 Å². The molecular weight excluding hydrogens is 426 g/mol. The fourth-order valence-electron chi connectivity index (χ4n) is 3.70.